The fraction of sp³-hybridized carbons (Fsp3) is 0.556. The summed E-state index contributed by atoms with van der Waals surface area (Å²) in [6, 6.07) is -1.00. The van der Waals surface area contributed by atoms with Gasteiger partial charge in [0.25, 0.3) is 0 Å². The van der Waals surface area contributed by atoms with Crippen molar-refractivity contribution >= 4 is 12.1 Å². The van der Waals surface area contributed by atoms with Gasteiger partial charge in [0.15, 0.2) is 5.60 Å². The van der Waals surface area contributed by atoms with Crippen molar-refractivity contribution in [2.45, 2.75) is 32.4 Å². The van der Waals surface area contributed by atoms with Crippen molar-refractivity contribution in [3.05, 3.63) is 0 Å². The van der Waals surface area contributed by atoms with Crippen molar-refractivity contribution in [3.63, 3.8) is 0 Å². The first kappa shape index (κ1) is 12.3. The summed E-state index contributed by atoms with van der Waals surface area (Å²) in [4.78, 5) is 21.4. The molecule has 0 aliphatic rings. The Kier molecular flexibility index (Phi) is 3.96. The van der Waals surface area contributed by atoms with Crippen LogP contribution in [0.15, 0.2) is 0 Å². The fourth-order valence-corrected chi connectivity index (χ4v) is 0.529. The predicted molar refractivity (Wildman–Crippen MR) is 49.6 cm³/mol. The molecule has 0 aliphatic carbocycles. The molecule has 1 unspecified atom stereocenters. The topological polar surface area (TPSA) is 75.6 Å². The summed E-state index contributed by atoms with van der Waals surface area (Å²) < 4.78 is 4.76. The number of alkyl carbamates (subject to hydrolysis) is 1. The third-order valence-electron chi connectivity index (χ3n) is 1.40. The molecular weight excluding hydrogens is 186 g/mol. The lowest BCUT2D eigenvalue weighted by Crippen LogP contribution is -2.41. The lowest BCUT2D eigenvalue weighted by atomic mass is 10.1. The molecule has 0 aromatic rings. The minimum atomic E-state index is -1.14. The average molecular weight is 199 g/mol. The lowest BCUT2D eigenvalue weighted by Gasteiger charge is -2.19. The molecule has 1 amide bonds. The molecule has 1 atom stereocenters. The second-order valence-electron chi connectivity index (χ2n) is 3.25. The van der Waals surface area contributed by atoms with E-state index in [4.69, 9.17) is 16.3 Å². The minimum Gasteiger partial charge on any atom is -0.480 e. The van der Waals surface area contributed by atoms with Crippen LogP contribution in [0.1, 0.15) is 20.8 Å². The summed E-state index contributed by atoms with van der Waals surface area (Å²) in [6.45, 7) is 4.38. The molecule has 0 rings (SSSR count). The van der Waals surface area contributed by atoms with Gasteiger partial charge in [0.2, 0.25) is 0 Å². The minimum absolute atomic E-state index is 0.845. The van der Waals surface area contributed by atoms with Gasteiger partial charge < -0.3 is 15.2 Å². The number of ether oxygens (including phenoxy) is 1. The van der Waals surface area contributed by atoms with Gasteiger partial charge in [0.1, 0.15) is 6.04 Å². The molecule has 5 heteroatoms. The Balaban J connectivity index is 4.14. The molecule has 14 heavy (non-hydrogen) atoms. The van der Waals surface area contributed by atoms with E-state index in [2.05, 4.69) is 11.2 Å². The van der Waals surface area contributed by atoms with Gasteiger partial charge in [0.05, 0.1) is 0 Å². The molecule has 78 valence electrons. The molecule has 2 N–H and O–H groups in total. The Bertz CT molecular complexity index is 277. The largest absolute Gasteiger partial charge is 0.480 e. The number of carboxylic acids is 1. The van der Waals surface area contributed by atoms with E-state index < -0.39 is 23.7 Å². The third-order valence-corrected chi connectivity index (χ3v) is 1.40. The van der Waals surface area contributed by atoms with E-state index in [1.165, 1.54) is 20.8 Å². The smallest absolute Gasteiger partial charge is 0.409 e. The van der Waals surface area contributed by atoms with Gasteiger partial charge in [-0.1, -0.05) is 5.92 Å². The summed E-state index contributed by atoms with van der Waals surface area (Å²) in [5.74, 6) is 1.11. The van der Waals surface area contributed by atoms with Crippen LogP contribution in [0.5, 0.6) is 0 Å². The number of hydrogen-bond acceptors (Lipinski definition) is 3. The third kappa shape index (κ3) is 4.36. The van der Waals surface area contributed by atoms with E-state index in [1.807, 2.05) is 0 Å². The molecule has 0 fully saturated rings. The Morgan fingerprint density at radius 3 is 2.43 bits per heavy atom. The van der Waals surface area contributed by atoms with Crippen LogP contribution in [0.2, 0.25) is 0 Å². The zero-order chi connectivity index (χ0) is 11.4. The number of aliphatic carboxylic acids is 1. The molecule has 0 spiro atoms. The first-order chi connectivity index (χ1) is 6.28. The van der Waals surface area contributed by atoms with E-state index in [-0.39, 0.29) is 0 Å². The Morgan fingerprint density at radius 2 is 2.07 bits per heavy atom. The molecule has 0 aromatic carbocycles. The van der Waals surface area contributed by atoms with E-state index in [1.54, 1.807) is 0 Å². The summed E-state index contributed by atoms with van der Waals surface area (Å²) in [5, 5.41) is 10.6. The molecule has 5 nitrogen and oxygen atoms in total. The zero-order valence-electron chi connectivity index (χ0n) is 8.33. The first-order valence-corrected chi connectivity index (χ1v) is 3.98. The molecule has 0 heterocycles. The molecular formula is C9H13NO4. The van der Waals surface area contributed by atoms with E-state index in [0.29, 0.717) is 0 Å². The van der Waals surface area contributed by atoms with Gasteiger partial charge >= 0.3 is 12.1 Å². The van der Waals surface area contributed by atoms with Crippen molar-refractivity contribution in [2.24, 2.45) is 0 Å². The SMILES string of the molecule is C#CC(C)(C)OC(=O)NC(C)C(=O)O. The van der Waals surface area contributed by atoms with Crippen molar-refractivity contribution < 1.29 is 19.4 Å². The first-order valence-electron chi connectivity index (χ1n) is 3.98. The summed E-state index contributed by atoms with van der Waals surface area (Å²) >= 11 is 0. The van der Waals surface area contributed by atoms with Gasteiger partial charge in [-0.2, -0.15) is 0 Å². The number of carbonyl (C=O) groups is 2. The number of amides is 1. The maximum Gasteiger partial charge on any atom is 0.409 e. The highest BCUT2D eigenvalue weighted by molar-refractivity contribution is 5.79. The van der Waals surface area contributed by atoms with Crippen LogP contribution < -0.4 is 5.32 Å². The van der Waals surface area contributed by atoms with Crippen molar-refractivity contribution in [2.75, 3.05) is 0 Å². The van der Waals surface area contributed by atoms with Gasteiger partial charge in [-0.3, -0.25) is 4.79 Å². The van der Waals surface area contributed by atoms with Gasteiger partial charge in [-0.25, -0.2) is 4.79 Å². The maximum atomic E-state index is 11.0. The van der Waals surface area contributed by atoms with E-state index >= 15 is 0 Å². The van der Waals surface area contributed by atoms with Crippen LogP contribution >= 0.6 is 0 Å². The van der Waals surface area contributed by atoms with Crippen molar-refractivity contribution in [1.82, 2.24) is 5.32 Å². The van der Waals surface area contributed by atoms with Gasteiger partial charge in [-0.15, -0.1) is 6.42 Å². The molecule has 0 saturated carbocycles. The summed E-state index contributed by atoms with van der Waals surface area (Å²) in [5.41, 5.74) is -1.04. The van der Waals surface area contributed by atoms with Crippen LogP contribution in [-0.2, 0) is 9.53 Å². The van der Waals surface area contributed by atoms with Crippen molar-refractivity contribution in [3.8, 4) is 12.3 Å². The highest BCUT2D eigenvalue weighted by atomic mass is 16.6. The maximum absolute atomic E-state index is 11.0. The van der Waals surface area contributed by atoms with E-state index in [0.717, 1.165) is 0 Å². The second kappa shape index (κ2) is 4.51. The second-order valence-corrected chi connectivity index (χ2v) is 3.25. The Morgan fingerprint density at radius 1 is 1.57 bits per heavy atom. The molecule has 0 aliphatic heterocycles. The zero-order valence-corrected chi connectivity index (χ0v) is 8.33. The number of rotatable bonds is 3. The van der Waals surface area contributed by atoms with Crippen LogP contribution in [0.3, 0.4) is 0 Å². The Labute approximate surface area is 82.4 Å². The van der Waals surface area contributed by atoms with Crippen LogP contribution in [-0.4, -0.2) is 28.8 Å². The van der Waals surface area contributed by atoms with E-state index in [9.17, 15) is 9.59 Å². The summed E-state index contributed by atoms with van der Waals surface area (Å²) in [6.07, 6.45) is 4.23. The average Bonchev–Trinajstić information content (AvgIpc) is 2.02. The standard InChI is InChI=1S/C9H13NO4/c1-5-9(3,4)14-8(13)10-6(2)7(11)12/h1,6H,2-4H3,(H,10,13)(H,11,12). The molecule has 0 aromatic heterocycles. The summed E-state index contributed by atoms with van der Waals surface area (Å²) in [7, 11) is 0. The number of terminal acetylenes is 1. The molecule has 0 radical (unpaired) electrons. The number of carbonyl (C=O) groups excluding carboxylic acids is 1. The number of hydrogen-bond donors (Lipinski definition) is 2. The normalized spacial score (nSPS) is 12.4. The van der Waals surface area contributed by atoms with Crippen LogP contribution in [0.25, 0.3) is 0 Å². The monoisotopic (exact) mass is 199 g/mol. The highest BCUT2D eigenvalue weighted by Gasteiger charge is 2.22. The predicted octanol–water partition coefficient (Wildman–Crippen LogP) is 0.597. The molecule has 0 saturated heterocycles. The van der Waals surface area contributed by atoms with Gasteiger partial charge in [0, 0.05) is 0 Å². The quantitative estimate of drug-likeness (QED) is 0.652. The van der Waals surface area contributed by atoms with Crippen LogP contribution in [0, 0.1) is 12.3 Å². The fourth-order valence-electron chi connectivity index (χ4n) is 0.529. The molecule has 0 bridgehead atoms. The number of carboxylic acid groups (broad SMARTS) is 1. The van der Waals surface area contributed by atoms with Gasteiger partial charge in [-0.05, 0) is 20.8 Å². The Hall–Kier alpha value is -1.70. The number of nitrogens with one attached hydrogen (secondary N) is 1. The van der Waals surface area contributed by atoms with Crippen LogP contribution in [0.4, 0.5) is 4.79 Å². The lowest BCUT2D eigenvalue weighted by molar-refractivity contribution is -0.138. The highest BCUT2D eigenvalue weighted by Crippen LogP contribution is 2.06. The van der Waals surface area contributed by atoms with Crippen molar-refractivity contribution in [1.29, 1.82) is 0 Å².